The van der Waals surface area contributed by atoms with Crippen LogP contribution in [0.4, 0.5) is 0 Å². The Morgan fingerprint density at radius 1 is 0.839 bits per heavy atom. The maximum atomic E-state index is 11.4. The molecule has 0 atom stereocenters. The second-order valence-corrected chi connectivity index (χ2v) is 12.7. The minimum Gasteiger partial charge on any atom is -0.328 e. The lowest BCUT2D eigenvalue weighted by Gasteiger charge is -2.51. The highest BCUT2D eigenvalue weighted by Crippen LogP contribution is 2.33. The predicted molar refractivity (Wildman–Crippen MR) is 135 cm³/mol. The van der Waals surface area contributed by atoms with E-state index in [4.69, 9.17) is 0 Å². The first kappa shape index (κ1) is 28.3. The molecule has 4 nitrogen and oxygen atoms in total. The van der Waals surface area contributed by atoms with Gasteiger partial charge in [0.25, 0.3) is 0 Å². The summed E-state index contributed by atoms with van der Waals surface area (Å²) in [5, 5.41) is 3.83. The average Bonchev–Trinajstić information content (AvgIpc) is 2.61. The number of carbonyl (C=O) groups excluding carboxylic acids is 1. The number of carbonyl (C=O) groups is 1. The van der Waals surface area contributed by atoms with Gasteiger partial charge in [0.05, 0.1) is 53.9 Å². The number of quaternary nitrogens is 2. The quantitative estimate of drug-likeness (QED) is 0.213. The summed E-state index contributed by atoms with van der Waals surface area (Å²) >= 11 is 0. The fourth-order valence-corrected chi connectivity index (χ4v) is 5.61. The van der Waals surface area contributed by atoms with Crippen LogP contribution in [0.15, 0.2) is 12.7 Å². The van der Waals surface area contributed by atoms with Crippen molar-refractivity contribution in [2.45, 2.75) is 109 Å². The summed E-state index contributed by atoms with van der Waals surface area (Å²) < 4.78 is 2.19. The molecule has 1 aliphatic rings. The van der Waals surface area contributed by atoms with Gasteiger partial charge in [0, 0.05) is 36.8 Å². The van der Waals surface area contributed by atoms with Gasteiger partial charge in [0.2, 0.25) is 0 Å². The van der Waals surface area contributed by atoms with E-state index in [0.717, 1.165) is 28.0 Å². The fraction of sp³-hybridized carbons (Fsp3) is 0.889. The molecule has 0 aromatic heterocycles. The number of allylic oxidation sites excluding steroid dienone is 1. The Balaban J connectivity index is 2.19. The number of hydrogen-bond acceptors (Lipinski definition) is 2. The lowest BCUT2D eigenvalue weighted by atomic mass is 9.78. The maximum Gasteiger partial charge on any atom is 0.155 e. The third-order valence-electron chi connectivity index (χ3n) is 7.32. The summed E-state index contributed by atoms with van der Waals surface area (Å²) in [6, 6.07) is 0.744. The second-order valence-electron chi connectivity index (χ2n) is 12.7. The van der Waals surface area contributed by atoms with Gasteiger partial charge in [0.1, 0.15) is 0 Å². The molecule has 0 spiro atoms. The van der Waals surface area contributed by atoms with Gasteiger partial charge < -0.3 is 14.3 Å². The van der Waals surface area contributed by atoms with Crippen molar-refractivity contribution in [3.8, 4) is 0 Å². The van der Waals surface area contributed by atoms with Gasteiger partial charge in [-0.15, -0.1) is 0 Å². The van der Waals surface area contributed by atoms with E-state index in [-0.39, 0.29) is 16.9 Å². The van der Waals surface area contributed by atoms with Crippen LogP contribution in [0.1, 0.15) is 91.9 Å². The van der Waals surface area contributed by atoms with Crippen LogP contribution in [0.5, 0.6) is 0 Å². The molecule has 0 aliphatic carbocycles. The molecule has 1 N–H and O–H groups in total. The lowest BCUT2D eigenvalue weighted by Crippen LogP contribution is -2.65. The van der Waals surface area contributed by atoms with E-state index in [9.17, 15) is 4.79 Å². The van der Waals surface area contributed by atoms with Crippen molar-refractivity contribution in [3.63, 3.8) is 0 Å². The van der Waals surface area contributed by atoms with Crippen molar-refractivity contribution in [3.05, 3.63) is 12.7 Å². The van der Waals surface area contributed by atoms with Gasteiger partial charge >= 0.3 is 0 Å². The largest absolute Gasteiger partial charge is 0.328 e. The Hall–Kier alpha value is -0.710. The molecule has 0 radical (unpaired) electrons. The Labute approximate surface area is 194 Å². The number of rotatable bonds is 15. The van der Waals surface area contributed by atoms with E-state index < -0.39 is 0 Å². The van der Waals surface area contributed by atoms with Crippen LogP contribution < -0.4 is 5.32 Å². The predicted octanol–water partition coefficient (Wildman–Crippen LogP) is 5.32. The van der Waals surface area contributed by atoms with E-state index in [1.165, 1.54) is 70.5 Å². The third kappa shape index (κ3) is 11.6. The van der Waals surface area contributed by atoms with Gasteiger partial charge in [-0.3, -0.25) is 4.79 Å². The van der Waals surface area contributed by atoms with E-state index in [0.29, 0.717) is 6.42 Å². The third-order valence-corrected chi connectivity index (χ3v) is 7.32. The fourth-order valence-electron chi connectivity index (χ4n) is 5.61. The normalized spacial score (nSPS) is 19.4. The SMILES string of the molecule is C=CC(=O)CCC[N+](C)(C)CCCCCCCC[N+](C)(C)C1CC(C)(C)NC(C)(C)C1. The summed E-state index contributed by atoms with van der Waals surface area (Å²) in [6.07, 6.45) is 13.7. The Kier molecular flexibility index (Phi) is 10.9. The molecule has 1 saturated heterocycles. The van der Waals surface area contributed by atoms with Crippen molar-refractivity contribution >= 4 is 5.78 Å². The van der Waals surface area contributed by atoms with Gasteiger partial charge in [-0.2, -0.15) is 0 Å². The maximum absolute atomic E-state index is 11.4. The molecule has 0 saturated carbocycles. The minimum absolute atomic E-state index is 0.175. The van der Waals surface area contributed by atoms with E-state index in [1.807, 2.05) is 0 Å². The first-order valence-corrected chi connectivity index (χ1v) is 12.8. The van der Waals surface area contributed by atoms with E-state index >= 15 is 0 Å². The number of hydrogen-bond donors (Lipinski definition) is 1. The number of unbranched alkanes of at least 4 members (excludes halogenated alkanes) is 5. The van der Waals surface area contributed by atoms with E-state index in [1.54, 1.807) is 0 Å². The molecular formula is C27H55N3O+2. The molecule has 1 aliphatic heterocycles. The summed E-state index contributed by atoms with van der Waals surface area (Å²) in [6.45, 7) is 16.6. The van der Waals surface area contributed by atoms with E-state index in [2.05, 4.69) is 67.8 Å². The number of ketones is 1. The van der Waals surface area contributed by atoms with Crippen LogP contribution in [-0.4, -0.2) is 79.7 Å². The second kappa shape index (κ2) is 12.0. The first-order chi connectivity index (χ1) is 14.2. The van der Waals surface area contributed by atoms with Crippen LogP contribution in [-0.2, 0) is 4.79 Å². The molecule has 1 fully saturated rings. The summed E-state index contributed by atoms with van der Waals surface area (Å²) in [5.74, 6) is 0.175. The highest BCUT2D eigenvalue weighted by Gasteiger charge is 2.44. The molecule has 4 heteroatoms. The molecule has 0 aromatic carbocycles. The molecule has 0 amide bonds. The molecule has 1 rings (SSSR count). The highest BCUT2D eigenvalue weighted by molar-refractivity contribution is 5.88. The average molecular weight is 438 g/mol. The minimum atomic E-state index is 0.175. The number of piperidine rings is 1. The summed E-state index contributed by atoms with van der Waals surface area (Å²) in [7, 11) is 9.49. The molecule has 182 valence electrons. The van der Waals surface area contributed by atoms with Gasteiger partial charge in [0.15, 0.2) is 5.78 Å². The number of nitrogens with zero attached hydrogens (tertiary/aromatic N) is 2. The zero-order valence-corrected chi connectivity index (χ0v) is 22.4. The molecule has 1 heterocycles. The van der Waals surface area contributed by atoms with Gasteiger partial charge in [-0.1, -0.05) is 19.4 Å². The van der Waals surface area contributed by atoms with Crippen molar-refractivity contribution in [1.29, 1.82) is 0 Å². The van der Waals surface area contributed by atoms with Gasteiger partial charge in [-0.25, -0.2) is 0 Å². The highest BCUT2D eigenvalue weighted by atomic mass is 16.1. The van der Waals surface area contributed by atoms with Crippen LogP contribution >= 0.6 is 0 Å². The van der Waals surface area contributed by atoms with Crippen molar-refractivity contribution < 1.29 is 13.8 Å². The van der Waals surface area contributed by atoms with Crippen molar-refractivity contribution in [2.75, 3.05) is 47.8 Å². The van der Waals surface area contributed by atoms with Crippen LogP contribution in [0.3, 0.4) is 0 Å². The van der Waals surface area contributed by atoms with Crippen LogP contribution in [0.2, 0.25) is 0 Å². The van der Waals surface area contributed by atoms with Gasteiger partial charge in [-0.05, 0) is 59.5 Å². The summed E-state index contributed by atoms with van der Waals surface area (Å²) in [5.41, 5.74) is 0.463. The molecule has 0 aromatic rings. The zero-order chi connectivity index (χ0) is 23.8. The Bertz CT molecular complexity index is 547. The zero-order valence-electron chi connectivity index (χ0n) is 22.4. The summed E-state index contributed by atoms with van der Waals surface area (Å²) in [4.78, 5) is 11.4. The Morgan fingerprint density at radius 2 is 1.29 bits per heavy atom. The van der Waals surface area contributed by atoms with Crippen LogP contribution in [0.25, 0.3) is 0 Å². The number of nitrogens with one attached hydrogen (secondary N) is 1. The monoisotopic (exact) mass is 437 g/mol. The Morgan fingerprint density at radius 3 is 1.81 bits per heavy atom. The first-order valence-electron chi connectivity index (χ1n) is 12.8. The molecule has 0 bridgehead atoms. The topological polar surface area (TPSA) is 29.1 Å². The lowest BCUT2D eigenvalue weighted by molar-refractivity contribution is -0.917. The standard InChI is InChI=1S/C27H55N3O/c1-10-25(31)18-17-20-29(6,7)19-15-13-11-12-14-16-21-30(8,9)24-22-26(2,3)28-27(4,5)23-24/h10,24,28H,1,11-23H2,2-9H3/q+2. The van der Waals surface area contributed by atoms with Crippen molar-refractivity contribution in [1.82, 2.24) is 5.32 Å². The molecule has 0 unspecified atom stereocenters. The van der Waals surface area contributed by atoms with Crippen molar-refractivity contribution in [2.24, 2.45) is 0 Å². The molecule has 31 heavy (non-hydrogen) atoms. The molecular weight excluding hydrogens is 382 g/mol. The van der Waals surface area contributed by atoms with Crippen LogP contribution in [0, 0.1) is 0 Å². The smallest absolute Gasteiger partial charge is 0.155 e.